The minimum absolute atomic E-state index is 0.0998. The molecule has 2 rings (SSSR count). The molecule has 0 unspecified atom stereocenters. The van der Waals surface area contributed by atoms with Crippen LogP contribution in [0.1, 0.15) is 19.4 Å². The molecule has 1 heterocycles. The zero-order valence-corrected chi connectivity index (χ0v) is 11.1. The van der Waals surface area contributed by atoms with Gasteiger partial charge in [0.25, 0.3) is 0 Å². The first-order valence-corrected chi connectivity index (χ1v) is 6.09. The monoisotopic (exact) mass is 241 g/mol. The first-order chi connectivity index (χ1) is 8.63. The van der Waals surface area contributed by atoms with E-state index in [4.69, 9.17) is 0 Å². The summed E-state index contributed by atoms with van der Waals surface area (Å²) in [6, 6.07) is 14.4. The Labute approximate surface area is 108 Å². The van der Waals surface area contributed by atoms with Crippen LogP contribution in [0.15, 0.2) is 48.7 Å². The van der Waals surface area contributed by atoms with Crippen LogP contribution in [0.25, 0.3) is 11.3 Å². The van der Waals surface area contributed by atoms with Crippen LogP contribution < -0.4 is 10.9 Å². The molecule has 3 heteroatoms. The van der Waals surface area contributed by atoms with Gasteiger partial charge in [0.2, 0.25) is 0 Å². The second-order valence-corrected chi connectivity index (χ2v) is 4.79. The smallest absolute Gasteiger partial charge is 0.0701 e. The summed E-state index contributed by atoms with van der Waals surface area (Å²) >= 11 is 0. The molecule has 18 heavy (non-hydrogen) atoms. The van der Waals surface area contributed by atoms with Crippen molar-refractivity contribution in [2.75, 3.05) is 7.05 Å². The van der Waals surface area contributed by atoms with E-state index < -0.39 is 0 Å². The highest BCUT2D eigenvalue weighted by molar-refractivity contribution is 5.59. The van der Waals surface area contributed by atoms with Gasteiger partial charge in [0.15, 0.2) is 0 Å². The maximum atomic E-state index is 4.35. The zero-order valence-electron chi connectivity index (χ0n) is 11.1. The Kier molecular flexibility index (Phi) is 3.75. The molecular formula is C15H19N3. The lowest BCUT2D eigenvalue weighted by Crippen LogP contribution is -2.43. The lowest BCUT2D eigenvalue weighted by atomic mass is 9.94. The summed E-state index contributed by atoms with van der Waals surface area (Å²) in [7, 11) is 1.88. The van der Waals surface area contributed by atoms with Crippen LogP contribution in [0.4, 0.5) is 0 Å². The Morgan fingerprint density at radius 3 is 2.28 bits per heavy atom. The van der Waals surface area contributed by atoms with E-state index in [-0.39, 0.29) is 5.54 Å². The van der Waals surface area contributed by atoms with Crippen LogP contribution in [-0.2, 0) is 5.54 Å². The predicted molar refractivity (Wildman–Crippen MR) is 74.9 cm³/mol. The number of hydrazine groups is 1. The molecule has 1 aromatic heterocycles. The topological polar surface area (TPSA) is 37.0 Å². The van der Waals surface area contributed by atoms with Crippen molar-refractivity contribution in [3.8, 4) is 11.3 Å². The van der Waals surface area contributed by atoms with E-state index in [0.29, 0.717) is 0 Å². The van der Waals surface area contributed by atoms with Crippen molar-refractivity contribution in [2.45, 2.75) is 19.4 Å². The van der Waals surface area contributed by atoms with Gasteiger partial charge in [-0.05, 0) is 38.6 Å². The Balaban J connectivity index is 2.26. The van der Waals surface area contributed by atoms with E-state index in [1.807, 2.05) is 31.4 Å². The van der Waals surface area contributed by atoms with Gasteiger partial charge in [0, 0.05) is 11.8 Å². The molecule has 0 saturated carbocycles. The fourth-order valence-corrected chi connectivity index (χ4v) is 1.98. The molecule has 3 nitrogen and oxygen atoms in total. The quantitative estimate of drug-likeness (QED) is 0.808. The number of aromatic nitrogens is 1. The fourth-order valence-electron chi connectivity index (χ4n) is 1.98. The summed E-state index contributed by atoms with van der Waals surface area (Å²) in [5.41, 5.74) is 9.50. The minimum atomic E-state index is -0.0998. The number of benzene rings is 1. The van der Waals surface area contributed by atoms with E-state index in [1.165, 1.54) is 5.56 Å². The molecular weight excluding hydrogens is 222 g/mol. The molecule has 1 aromatic carbocycles. The number of pyridine rings is 1. The van der Waals surface area contributed by atoms with Gasteiger partial charge in [0.05, 0.1) is 11.2 Å². The van der Waals surface area contributed by atoms with E-state index in [2.05, 4.69) is 53.9 Å². The molecule has 0 fully saturated rings. The Hall–Kier alpha value is -1.71. The van der Waals surface area contributed by atoms with E-state index in [0.717, 1.165) is 11.3 Å². The van der Waals surface area contributed by atoms with Gasteiger partial charge < -0.3 is 0 Å². The lowest BCUT2D eigenvalue weighted by Gasteiger charge is -2.26. The normalized spacial score (nSPS) is 11.5. The summed E-state index contributed by atoms with van der Waals surface area (Å²) in [6.45, 7) is 4.28. The Morgan fingerprint density at radius 2 is 1.72 bits per heavy atom. The third-order valence-corrected chi connectivity index (χ3v) is 3.00. The predicted octanol–water partition coefficient (Wildman–Crippen LogP) is 2.71. The third kappa shape index (κ3) is 2.75. The molecule has 0 aliphatic heterocycles. The first-order valence-electron chi connectivity index (χ1n) is 6.09. The molecule has 0 saturated heterocycles. The van der Waals surface area contributed by atoms with E-state index in [9.17, 15) is 0 Å². The summed E-state index contributed by atoms with van der Waals surface area (Å²) in [4.78, 5) is 4.35. The number of nitrogens with zero attached hydrogens (tertiary/aromatic N) is 1. The molecule has 0 radical (unpaired) electrons. The molecule has 2 aromatic rings. The van der Waals surface area contributed by atoms with Crippen molar-refractivity contribution in [2.24, 2.45) is 0 Å². The van der Waals surface area contributed by atoms with Gasteiger partial charge >= 0.3 is 0 Å². The van der Waals surface area contributed by atoms with Crippen LogP contribution in [0.2, 0.25) is 0 Å². The van der Waals surface area contributed by atoms with Crippen LogP contribution in [-0.4, -0.2) is 12.0 Å². The molecule has 0 bridgehead atoms. The number of hydrogen-bond acceptors (Lipinski definition) is 3. The number of rotatable bonds is 4. The van der Waals surface area contributed by atoms with Crippen molar-refractivity contribution in [3.63, 3.8) is 0 Å². The van der Waals surface area contributed by atoms with Gasteiger partial charge in [0.1, 0.15) is 0 Å². The Morgan fingerprint density at radius 1 is 1.00 bits per heavy atom. The van der Waals surface area contributed by atoms with E-state index in [1.54, 1.807) is 0 Å². The maximum Gasteiger partial charge on any atom is 0.0701 e. The second-order valence-electron chi connectivity index (χ2n) is 4.79. The number of hydrogen-bond donors (Lipinski definition) is 2. The average molecular weight is 241 g/mol. The largest absolute Gasteiger partial charge is 0.260 e. The van der Waals surface area contributed by atoms with Gasteiger partial charge in [-0.15, -0.1) is 0 Å². The van der Waals surface area contributed by atoms with Crippen molar-refractivity contribution >= 4 is 0 Å². The summed E-state index contributed by atoms with van der Waals surface area (Å²) in [6.07, 6.45) is 1.82. The van der Waals surface area contributed by atoms with Crippen LogP contribution in [0.3, 0.4) is 0 Å². The van der Waals surface area contributed by atoms with Crippen LogP contribution in [0, 0.1) is 0 Å². The summed E-state index contributed by atoms with van der Waals surface area (Å²) in [5, 5.41) is 0. The third-order valence-electron chi connectivity index (χ3n) is 3.00. The molecule has 0 aliphatic rings. The van der Waals surface area contributed by atoms with Gasteiger partial charge in [-0.3, -0.25) is 10.4 Å². The highest BCUT2D eigenvalue weighted by Crippen LogP contribution is 2.23. The molecule has 0 atom stereocenters. The molecule has 2 N–H and O–H groups in total. The highest BCUT2D eigenvalue weighted by Gasteiger charge is 2.18. The van der Waals surface area contributed by atoms with Crippen molar-refractivity contribution in [3.05, 3.63) is 54.2 Å². The molecule has 94 valence electrons. The maximum absolute atomic E-state index is 4.35. The molecule has 0 spiro atoms. The molecule has 0 aliphatic carbocycles. The van der Waals surface area contributed by atoms with Crippen molar-refractivity contribution in [1.29, 1.82) is 0 Å². The Bertz CT molecular complexity index is 489. The lowest BCUT2D eigenvalue weighted by molar-refractivity contribution is 0.359. The van der Waals surface area contributed by atoms with Crippen molar-refractivity contribution in [1.82, 2.24) is 15.8 Å². The average Bonchev–Trinajstić information content (AvgIpc) is 2.40. The fraction of sp³-hybridized carbons (Fsp3) is 0.267. The van der Waals surface area contributed by atoms with Crippen LogP contribution in [0.5, 0.6) is 0 Å². The molecule has 0 amide bonds. The van der Waals surface area contributed by atoms with Gasteiger partial charge in [-0.2, -0.15) is 0 Å². The SMILES string of the molecule is CNNC(C)(C)c1ccc(-c2ccccn2)cc1. The van der Waals surface area contributed by atoms with Gasteiger partial charge in [-0.25, -0.2) is 5.43 Å². The van der Waals surface area contributed by atoms with E-state index >= 15 is 0 Å². The minimum Gasteiger partial charge on any atom is -0.260 e. The summed E-state index contributed by atoms with van der Waals surface area (Å²) < 4.78 is 0. The van der Waals surface area contributed by atoms with Crippen molar-refractivity contribution < 1.29 is 0 Å². The number of nitrogens with one attached hydrogen (secondary N) is 2. The summed E-state index contributed by atoms with van der Waals surface area (Å²) in [5.74, 6) is 0. The van der Waals surface area contributed by atoms with Gasteiger partial charge in [-0.1, -0.05) is 30.3 Å². The van der Waals surface area contributed by atoms with Crippen LogP contribution >= 0.6 is 0 Å². The standard InChI is InChI=1S/C15H19N3/c1-15(2,18-16-3)13-9-7-12(8-10-13)14-6-4-5-11-17-14/h4-11,16,18H,1-3H3. The second kappa shape index (κ2) is 5.29. The zero-order chi connectivity index (χ0) is 13.0. The highest BCUT2D eigenvalue weighted by atomic mass is 15.4. The first kappa shape index (κ1) is 12.7.